The Balaban J connectivity index is 3.27. The summed E-state index contributed by atoms with van der Waals surface area (Å²) in [5.41, 5.74) is -0.563. The largest absolute Gasteiger partial charge is 0.330 e. The predicted molar refractivity (Wildman–Crippen MR) is 62.4 cm³/mol. The van der Waals surface area contributed by atoms with Crippen LogP contribution in [0.2, 0.25) is 0 Å². The molecule has 0 aliphatic rings. The first-order valence-corrected chi connectivity index (χ1v) is 5.41. The van der Waals surface area contributed by atoms with Crippen molar-refractivity contribution in [2.45, 2.75) is 17.1 Å². The topological polar surface area (TPSA) is 44.0 Å². The molecule has 1 atom stereocenters. The molecule has 0 saturated carbocycles. The number of hydrogen-bond acceptors (Lipinski definition) is 3. The van der Waals surface area contributed by atoms with Gasteiger partial charge in [-0.2, -0.15) is 0 Å². The first kappa shape index (κ1) is 11.8. The van der Waals surface area contributed by atoms with Crippen molar-refractivity contribution >= 4 is 11.8 Å². The van der Waals surface area contributed by atoms with Gasteiger partial charge in [0, 0.05) is 25.5 Å². The molecule has 1 aromatic rings. The van der Waals surface area contributed by atoms with E-state index in [0.29, 0.717) is 4.90 Å². The highest BCUT2D eigenvalue weighted by Crippen LogP contribution is 2.18. The fraction of sp³-hybridized carbons (Fsp3) is 0.400. The van der Waals surface area contributed by atoms with Crippen LogP contribution in [0, 0.1) is 0 Å². The van der Waals surface area contributed by atoms with Crippen molar-refractivity contribution < 1.29 is 0 Å². The average molecular weight is 226 g/mol. The lowest BCUT2D eigenvalue weighted by molar-refractivity contribution is 0.661. The van der Waals surface area contributed by atoms with Crippen LogP contribution < -0.4 is 11.2 Å². The van der Waals surface area contributed by atoms with E-state index in [1.165, 1.54) is 23.4 Å². The van der Waals surface area contributed by atoms with Crippen LogP contribution in [0.15, 0.2) is 33.3 Å². The van der Waals surface area contributed by atoms with E-state index in [9.17, 15) is 9.59 Å². The molecule has 0 bridgehead atoms. The quantitative estimate of drug-likeness (QED) is 0.564. The van der Waals surface area contributed by atoms with Gasteiger partial charge in [0.2, 0.25) is 0 Å². The molecular formula is C10H14N2O2S. The Kier molecular flexibility index (Phi) is 3.57. The van der Waals surface area contributed by atoms with E-state index in [0.717, 1.165) is 4.57 Å². The lowest BCUT2D eigenvalue weighted by Crippen LogP contribution is -2.37. The Morgan fingerprint density at radius 2 is 2.07 bits per heavy atom. The molecule has 5 heteroatoms. The van der Waals surface area contributed by atoms with Crippen LogP contribution in [-0.2, 0) is 14.1 Å². The minimum absolute atomic E-state index is 0.148. The van der Waals surface area contributed by atoms with Gasteiger partial charge in [-0.15, -0.1) is 18.3 Å². The highest BCUT2D eigenvalue weighted by atomic mass is 32.2. The van der Waals surface area contributed by atoms with Crippen LogP contribution in [0.5, 0.6) is 0 Å². The summed E-state index contributed by atoms with van der Waals surface area (Å²) < 4.78 is 2.51. The second-order valence-electron chi connectivity index (χ2n) is 3.31. The molecule has 0 aromatic carbocycles. The zero-order chi connectivity index (χ0) is 11.6. The standard InChI is InChI=1S/C10H14N2O2S/c1-5-7(2)15-8-6-11(3)10(14)12(4)9(8)13/h5-7H,1H2,2-4H3. The molecule has 0 saturated heterocycles. The number of rotatable bonds is 3. The van der Waals surface area contributed by atoms with Gasteiger partial charge in [-0.3, -0.25) is 9.36 Å². The average Bonchev–Trinajstić information content (AvgIpc) is 2.22. The van der Waals surface area contributed by atoms with Crippen molar-refractivity contribution in [2.24, 2.45) is 14.1 Å². The molecule has 0 radical (unpaired) electrons. The van der Waals surface area contributed by atoms with Gasteiger partial charge >= 0.3 is 5.69 Å². The predicted octanol–water partition coefficient (Wildman–Crippen LogP) is 0.751. The molecule has 0 N–H and O–H groups in total. The Bertz CT molecular complexity index is 487. The lowest BCUT2D eigenvalue weighted by atomic mass is 10.5. The smallest absolute Gasteiger partial charge is 0.302 e. The summed E-state index contributed by atoms with van der Waals surface area (Å²) in [5, 5.41) is 0.148. The van der Waals surface area contributed by atoms with Crippen molar-refractivity contribution in [1.29, 1.82) is 0 Å². The van der Waals surface area contributed by atoms with E-state index in [4.69, 9.17) is 0 Å². The Morgan fingerprint density at radius 3 is 2.60 bits per heavy atom. The highest BCUT2D eigenvalue weighted by Gasteiger charge is 2.09. The van der Waals surface area contributed by atoms with Crippen molar-refractivity contribution in [2.75, 3.05) is 0 Å². The summed E-state index contributed by atoms with van der Waals surface area (Å²) in [4.78, 5) is 23.6. The van der Waals surface area contributed by atoms with Gasteiger partial charge in [-0.25, -0.2) is 4.79 Å². The Hall–Kier alpha value is -1.23. The van der Waals surface area contributed by atoms with Gasteiger partial charge in [-0.05, 0) is 6.92 Å². The highest BCUT2D eigenvalue weighted by molar-refractivity contribution is 8.00. The number of nitrogens with zero attached hydrogens (tertiary/aromatic N) is 2. The maximum absolute atomic E-state index is 11.7. The van der Waals surface area contributed by atoms with Crippen LogP contribution in [0.3, 0.4) is 0 Å². The molecule has 1 unspecified atom stereocenters. The Labute approximate surface area is 92.2 Å². The molecule has 0 amide bonds. The van der Waals surface area contributed by atoms with E-state index >= 15 is 0 Å². The normalized spacial score (nSPS) is 12.5. The van der Waals surface area contributed by atoms with Crippen LogP contribution in [0.25, 0.3) is 0 Å². The maximum Gasteiger partial charge on any atom is 0.330 e. The fourth-order valence-corrected chi connectivity index (χ4v) is 2.06. The third-order valence-electron chi connectivity index (χ3n) is 2.06. The summed E-state index contributed by atoms with van der Waals surface area (Å²) in [6.07, 6.45) is 3.32. The van der Waals surface area contributed by atoms with Crippen molar-refractivity contribution in [1.82, 2.24) is 9.13 Å². The van der Waals surface area contributed by atoms with Gasteiger partial charge in [0.05, 0.1) is 4.90 Å². The van der Waals surface area contributed by atoms with E-state index in [1.807, 2.05) is 6.92 Å². The van der Waals surface area contributed by atoms with Gasteiger partial charge in [0.25, 0.3) is 5.56 Å². The molecule has 15 heavy (non-hydrogen) atoms. The third-order valence-corrected chi connectivity index (χ3v) is 3.16. The van der Waals surface area contributed by atoms with Gasteiger partial charge in [0.15, 0.2) is 0 Å². The van der Waals surface area contributed by atoms with Crippen LogP contribution >= 0.6 is 11.8 Å². The molecule has 1 heterocycles. The van der Waals surface area contributed by atoms with E-state index in [-0.39, 0.29) is 16.5 Å². The molecule has 4 nitrogen and oxygen atoms in total. The van der Waals surface area contributed by atoms with Gasteiger partial charge in [-0.1, -0.05) is 6.08 Å². The van der Waals surface area contributed by atoms with Crippen LogP contribution in [-0.4, -0.2) is 14.4 Å². The molecule has 0 aliphatic carbocycles. The minimum atomic E-state index is -0.310. The monoisotopic (exact) mass is 226 g/mol. The van der Waals surface area contributed by atoms with Crippen molar-refractivity contribution in [3.8, 4) is 0 Å². The van der Waals surface area contributed by atoms with E-state index < -0.39 is 0 Å². The third kappa shape index (κ3) is 2.41. The van der Waals surface area contributed by atoms with E-state index in [1.54, 1.807) is 19.3 Å². The summed E-state index contributed by atoms with van der Waals surface area (Å²) in [7, 11) is 3.11. The minimum Gasteiger partial charge on any atom is -0.302 e. The second kappa shape index (κ2) is 4.53. The second-order valence-corrected chi connectivity index (χ2v) is 4.73. The molecule has 1 rings (SSSR count). The van der Waals surface area contributed by atoms with Crippen LogP contribution in [0.1, 0.15) is 6.92 Å². The molecule has 1 aromatic heterocycles. The Morgan fingerprint density at radius 1 is 1.47 bits per heavy atom. The van der Waals surface area contributed by atoms with Crippen LogP contribution in [0.4, 0.5) is 0 Å². The maximum atomic E-state index is 11.7. The molecule has 0 aliphatic heterocycles. The number of aromatic nitrogens is 2. The number of aryl methyl sites for hydroxylation is 1. The molecule has 82 valence electrons. The van der Waals surface area contributed by atoms with Gasteiger partial charge < -0.3 is 4.57 Å². The molecule has 0 fully saturated rings. The fourth-order valence-electron chi connectivity index (χ4n) is 1.10. The zero-order valence-corrected chi connectivity index (χ0v) is 9.87. The SMILES string of the molecule is C=CC(C)Sc1cn(C)c(=O)n(C)c1=O. The van der Waals surface area contributed by atoms with E-state index in [2.05, 4.69) is 6.58 Å². The first-order chi connectivity index (χ1) is 6.97. The summed E-state index contributed by atoms with van der Waals surface area (Å²) in [5.74, 6) is 0. The zero-order valence-electron chi connectivity index (χ0n) is 9.06. The molecule has 0 spiro atoms. The van der Waals surface area contributed by atoms with Crippen molar-refractivity contribution in [3.63, 3.8) is 0 Å². The summed E-state index contributed by atoms with van der Waals surface area (Å²) in [6.45, 7) is 5.60. The molecular weight excluding hydrogens is 212 g/mol. The van der Waals surface area contributed by atoms with Crippen molar-refractivity contribution in [3.05, 3.63) is 39.7 Å². The lowest BCUT2D eigenvalue weighted by Gasteiger charge is -2.08. The first-order valence-electron chi connectivity index (χ1n) is 4.53. The van der Waals surface area contributed by atoms with Gasteiger partial charge in [0.1, 0.15) is 0 Å². The number of hydrogen-bond donors (Lipinski definition) is 0. The summed E-state index contributed by atoms with van der Waals surface area (Å²) >= 11 is 1.40. The number of thioether (sulfide) groups is 1. The summed E-state index contributed by atoms with van der Waals surface area (Å²) in [6, 6.07) is 0.